The lowest BCUT2D eigenvalue weighted by molar-refractivity contribution is -0.131. The highest BCUT2D eigenvalue weighted by atomic mass is 16.5. The molecule has 0 saturated carbocycles. The van der Waals surface area contributed by atoms with E-state index in [1.54, 1.807) is 6.92 Å². The van der Waals surface area contributed by atoms with E-state index in [0.29, 0.717) is 6.54 Å². The predicted molar refractivity (Wildman–Crippen MR) is 76.7 cm³/mol. The van der Waals surface area contributed by atoms with Crippen LogP contribution in [-0.2, 0) is 4.79 Å². The molecular weight excluding hydrogens is 254 g/mol. The van der Waals surface area contributed by atoms with Gasteiger partial charge in [-0.25, -0.2) is 0 Å². The first-order valence-corrected chi connectivity index (χ1v) is 7.00. The van der Waals surface area contributed by atoms with Gasteiger partial charge >= 0.3 is 0 Å². The predicted octanol–water partition coefficient (Wildman–Crippen LogP) is 2.26. The fraction of sp³-hybridized carbons (Fsp3) is 0.467. The lowest BCUT2D eigenvalue weighted by atomic mass is 10.1. The third-order valence-electron chi connectivity index (χ3n) is 3.96. The zero-order valence-corrected chi connectivity index (χ0v) is 11.8. The van der Waals surface area contributed by atoms with E-state index in [2.05, 4.69) is 10.2 Å². The van der Waals surface area contributed by atoms with Gasteiger partial charge in [-0.3, -0.25) is 9.89 Å². The largest absolute Gasteiger partial charge is 0.488 e. The van der Waals surface area contributed by atoms with Crippen LogP contribution in [-0.4, -0.2) is 40.2 Å². The molecule has 2 aromatic rings. The molecule has 1 aromatic heterocycles. The molecule has 106 valence electrons. The minimum absolute atomic E-state index is 0.0794. The number of nitrogens with one attached hydrogen (secondary N) is 1. The van der Waals surface area contributed by atoms with E-state index in [-0.39, 0.29) is 12.0 Å². The third kappa shape index (κ3) is 2.35. The molecule has 1 aromatic carbocycles. The first-order chi connectivity index (χ1) is 9.65. The smallest absolute Gasteiger partial charge is 0.219 e. The maximum Gasteiger partial charge on any atom is 0.219 e. The molecule has 20 heavy (non-hydrogen) atoms. The van der Waals surface area contributed by atoms with Gasteiger partial charge in [0.1, 0.15) is 11.9 Å². The average molecular weight is 273 g/mol. The van der Waals surface area contributed by atoms with Gasteiger partial charge in [0, 0.05) is 24.4 Å². The fourth-order valence-corrected chi connectivity index (χ4v) is 2.77. The molecule has 1 atom stereocenters. The van der Waals surface area contributed by atoms with Crippen LogP contribution in [0.3, 0.4) is 0 Å². The Bertz CT molecular complexity index is 635. The summed E-state index contributed by atoms with van der Waals surface area (Å²) in [6.07, 6.45) is 3.89. The molecule has 1 unspecified atom stereocenters. The number of aryl methyl sites for hydroxylation is 1. The number of rotatable bonds is 2. The zero-order valence-electron chi connectivity index (χ0n) is 11.8. The maximum absolute atomic E-state index is 11.5. The summed E-state index contributed by atoms with van der Waals surface area (Å²) < 4.78 is 6.11. The number of ether oxygens (including phenoxy) is 1. The molecule has 0 radical (unpaired) electrons. The van der Waals surface area contributed by atoms with Crippen molar-refractivity contribution in [1.82, 2.24) is 15.1 Å². The summed E-state index contributed by atoms with van der Waals surface area (Å²) in [6.45, 7) is 5.18. The Morgan fingerprint density at radius 3 is 3.15 bits per heavy atom. The summed E-state index contributed by atoms with van der Waals surface area (Å²) in [6, 6.07) is 3.96. The first-order valence-electron chi connectivity index (χ1n) is 7.00. The number of fused-ring (bicyclic) bond motifs is 1. The summed E-state index contributed by atoms with van der Waals surface area (Å²) in [4.78, 5) is 13.3. The monoisotopic (exact) mass is 273 g/mol. The number of H-pyrrole nitrogens is 1. The second kappa shape index (κ2) is 5.15. The van der Waals surface area contributed by atoms with Gasteiger partial charge < -0.3 is 9.64 Å². The van der Waals surface area contributed by atoms with Gasteiger partial charge in [-0.05, 0) is 31.9 Å². The van der Waals surface area contributed by atoms with Crippen molar-refractivity contribution in [2.45, 2.75) is 32.8 Å². The SMILES string of the molecule is CC(=O)N1CCCC(Oc2ccc3[nH]ncc3c2C)C1. The number of aromatic nitrogens is 2. The van der Waals surface area contributed by atoms with E-state index in [1.165, 1.54) is 0 Å². The lowest BCUT2D eigenvalue weighted by Gasteiger charge is -2.32. The number of carbonyl (C=O) groups excluding carboxylic acids is 1. The van der Waals surface area contributed by atoms with E-state index in [0.717, 1.165) is 41.6 Å². The van der Waals surface area contributed by atoms with Crippen LogP contribution in [0.1, 0.15) is 25.3 Å². The minimum Gasteiger partial charge on any atom is -0.488 e. The van der Waals surface area contributed by atoms with Crippen molar-refractivity contribution >= 4 is 16.8 Å². The Balaban J connectivity index is 1.78. The van der Waals surface area contributed by atoms with Crippen LogP contribution in [0, 0.1) is 6.92 Å². The molecule has 1 aliphatic rings. The Morgan fingerprint density at radius 1 is 1.50 bits per heavy atom. The van der Waals surface area contributed by atoms with Gasteiger partial charge in [0.25, 0.3) is 0 Å². The number of aromatic amines is 1. The van der Waals surface area contributed by atoms with Crippen LogP contribution in [0.5, 0.6) is 5.75 Å². The molecule has 0 bridgehead atoms. The fourth-order valence-electron chi connectivity index (χ4n) is 2.77. The van der Waals surface area contributed by atoms with Gasteiger partial charge in [-0.15, -0.1) is 0 Å². The quantitative estimate of drug-likeness (QED) is 0.913. The molecule has 5 nitrogen and oxygen atoms in total. The summed E-state index contributed by atoms with van der Waals surface area (Å²) in [5, 5.41) is 8.09. The number of piperidine rings is 1. The van der Waals surface area contributed by atoms with Crippen LogP contribution in [0.2, 0.25) is 0 Å². The van der Waals surface area contributed by atoms with E-state index in [9.17, 15) is 4.79 Å². The van der Waals surface area contributed by atoms with Crippen molar-refractivity contribution in [2.24, 2.45) is 0 Å². The molecule has 1 amide bonds. The van der Waals surface area contributed by atoms with Gasteiger partial charge in [0.2, 0.25) is 5.91 Å². The molecule has 1 saturated heterocycles. The number of hydrogen-bond acceptors (Lipinski definition) is 3. The Hall–Kier alpha value is -2.04. The van der Waals surface area contributed by atoms with E-state index >= 15 is 0 Å². The summed E-state index contributed by atoms with van der Waals surface area (Å²) in [5.41, 5.74) is 2.11. The molecule has 1 N–H and O–H groups in total. The van der Waals surface area contributed by atoms with Crippen LogP contribution < -0.4 is 4.74 Å². The van der Waals surface area contributed by atoms with E-state index < -0.39 is 0 Å². The topological polar surface area (TPSA) is 58.2 Å². The van der Waals surface area contributed by atoms with Crippen molar-refractivity contribution in [3.05, 3.63) is 23.9 Å². The Kier molecular flexibility index (Phi) is 3.34. The number of carbonyl (C=O) groups is 1. The highest BCUT2D eigenvalue weighted by molar-refractivity contribution is 5.83. The van der Waals surface area contributed by atoms with Crippen LogP contribution in [0.4, 0.5) is 0 Å². The summed E-state index contributed by atoms with van der Waals surface area (Å²) in [5.74, 6) is 1.01. The van der Waals surface area contributed by atoms with Gasteiger partial charge in [-0.1, -0.05) is 0 Å². The highest BCUT2D eigenvalue weighted by Gasteiger charge is 2.23. The first kappa shape index (κ1) is 13.0. The highest BCUT2D eigenvalue weighted by Crippen LogP contribution is 2.28. The molecule has 0 aliphatic carbocycles. The van der Waals surface area contributed by atoms with Gasteiger partial charge in [0.15, 0.2) is 0 Å². The molecule has 5 heteroatoms. The average Bonchev–Trinajstić information content (AvgIpc) is 2.91. The second-order valence-electron chi connectivity index (χ2n) is 5.37. The number of amides is 1. The van der Waals surface area contributed by atoms with Crippen molar-refractivity contribution in [2.75, 3.05) is 13.1 Å². The molecule has 0 spiro atoms. The normalized spacial score (nSPS) is 19.3. The molecule has 1 aliphatic heterocycles. The lowest BCUT2D eigenvalue weighted by Crippen LogP contribution is -2.43. The minimum atomic E-state index is 0.0794. The number of benzene rings is 1. The standard InChI is InChI=1S/C15H19N3O2/c1-10-13-8-16-17-14(13)5-6-15(10)20-12-4-3-7-18(9-12)11(2)19/h5-6,8,12H,3-4,7,9H2,1-2H3,(H,16,17). The Labute approximate surface area is 117 Å². The van der Waals surface area contributed by atoms with Crippen molar-refractivity contribution in [3.63, 3.8) is 0 Å². The van der Waals surface area contributed by atoms with E-state index in [4.69, 9.17) is 4.74 Å². The Morgan fingerprint density at radius 2 is 2.35 bits per heavy atom. The van der Waals surface area contributed by atoms with Crippen LogP contribution in [0.15, 0.2) is 18.3 Å². The molecular formula is C15H19N3O2. The van der Waals surface area contributed by atoms with Crippen molar-refractivity contribution in [3.8, 4) is 5.75 Å². The number of likely N-dealkylation sites (tertiary alicyclic amines) is 1. The summed E-state index contributed by atoms with van der Waals surface area (Å²) >= 11 is 0. The van der Waals surface area contributed by atoms with Crippen molar-refractivity contribution < 1.29 is 9.53 Å². The van der Waals surface area contributed by atoms with E-state index in [1.807, 2.05) is 30.2 Å². The second-order valence-corrected chi connectivity index (χ2v) is 5.37. The number of nitrogens with zero attached hydrogens (tertiary/aromatic N) is 2. The van der Waals surface area contributed by atoms with Gasteiger partial charge in [0.05, 0.1) is 18.3 Å². The number of hydrogen-bond donors (Lipinski definition) is 1. The molecule has 2 heterocycles. The van der Waals surface area contributed by atoms with Crippen LogP contribution in [0.25, 0.3) is 10.9 Å². The van der Waals surface area contributed by atoms with Crippen molar-refractivity contribution in [1.29, 1.82) is 0 Å². The molecule has 3 rings (SSSR count). The third-order valence-corrected chi connectivity index (χ3v) is 3.96. The van der Waals surface area contributed by atoms with Crippen LogP contribution >= 0.6 is 0 Å². The van der Waals surface area contributed by atoms with Gasteiger partial charge in [-0.2, -0.15) is 5.10 Å². The zero-order chi connectivity index (χ0) is 14.1. The summed E-state index contributed by atoms with van der Waals surface area (Å²) in [7, 11) is 0. The maximum atomic E-state index is 11.5. The molecule has 1 fully saturated rings.